The van der Waals surface area contributed by atoms with Crippen LogP contribution in [0.2, 0.25) is 0 Å². The van der Waals surface area contributed by atoms with E-state index in [4.69, 9.17) is 4.74 Å². The summed E-state index contributed by atoms with van der Waals surface area (Å²) in [6.45, 7) is 7.00. The van der Waals surface area contributed by atoms with Gasteiger partial charge in [0.25, 0.3) is 0 Å². The van der Waals surface area contributed by atoms with E-state index < -0.39 is 0 Å². The molecule has 0 amide bonds. The molecule has 0 bridgehead atoms. The molecule has 1 aromatic heterocycles. The predicted octanol–water partition coefficient (Wildman–Crippen LogP) is 3.06. The van der Waals surface area contributed by atoms with E-state index in [9.17, 15) is 0 Å². The maximum absolute atomic E-state index is 5.12. The van der Waals surface area contributed by atoms with Crippen molar-refractivity contribution < 1.29 is 4.74 Å². The van der Waals surface area contributed by atoms with E-state index >= 15 is 0 Å². The summed E-state index contributed by atoms with van der Waals surface area (Å²) in [7, 11) is 1.54. The first-order valence-corrected chi connectivity index (χ1v) is 7.00. The largest absolute Gasteiger partial charge is 0.467 e. The fourth-order valence-electron chi connectivity index (χ4n) is 1.89. The Morgan fingerprint density at radius 2 is 1.86 bits per heavy atom. The molecule has 1 aromatic carbocycles. The van der Waals surface area contributed by atoms with E-state index in [-0.39, 0.29) is 6.01 Å². The molecule has 0 aliphatic rings. The van der Waals surface area contributed by atoms with Crippen molar-refractivity contribution in [3.63, 3.8) is 0 Å². The van der Waals surface area contributed by atoms with Gasteiger partial charge in [0.15, 0.2) is 0 Å². The molecule has 0 saturated heterocycles. The number of benzene rings is 1. The van der Waals surface area contributed by atoms with Gasteiger partial charge in [0.05, 0.1) is 7.11 Å². The third-order valence-electron chi connectivity index (χ3n) is 2.96. The first-order chi connectivity index (χ1) is 10.1. The number of nitrogens with one attached hydrogen (secondary N) is 2. The van der Waals surface area contributed by atoms with E-state index in [1.807, 2.05) is 19.1 Å². The topological polar surface area (TPSA) is 72.0 Å². The number of rotatable bonds is 6. The van der Waals surface area contributed by atoms with Crippen molar-refractivity contribution in [3.8, 4) is 6.01 Å². The van der Waals surface area contributed by atoms with E-state index in [1.165, 1.54) is 5.56 Å². The van der Waals surface area contributed by atoms with Gasteiger partial charge in [0, 0.05) is 12.2 Å². The van der Waals surface area contributed by atoms with Gasteiger partial charge in [0.2, 0.25) is 11.9 Å². The molecule has 6 heteroatoms. The quantitative estimate of drug-likeness (QED) is 0.850. The third kappa shape index (κ3) is 4.05. The van der Waals surface area contributed by atoms with Gasteiger partial charge < -0.3 is 15.4 Å². The highest BCUT2D eigenvalue weighted by atomic mass is 16.5. The van der Waals surface area contributed by atoms with E-state index in [1.54, 1.807) is 7.11 Å². The summed E-state index contributed by atoms with van der Waals surface area (Å²) in [5.41, 5.74) is 3.32. The second kappa shape index (κ2) is 6.88. The summed E-state index contributed by atoms with van der Waals surface area (Å²) in [6, 6.07) is 6.46. The van der Waals surface area contributed by atoms with Crippen molar-refractivity contribution in [1.29, 1.82) is 0 Å². The maximum atomic E-state index is 5.12. The lowest BCUT2D eigenvalue weighted by Gasteiger charge is -2.11. The van der Waals surface area contributed by atoms with Crippen molar-refractivity contribution in [1.82, 2.24) is 15.0 Å². The lowest BCUT2D eigenvalue weighted by molar-refractivity contribution is 0.379. The van der Waals surface area contributed by atoms with Gasteiger partial charge in [-0.3, -0.25) is 0 Å². The highest BCUT2D eigenvalue weighted by Crippen LogP contribution is 2.21. The van der Waals surface area contributed by atoms with Crippen LogP contribution in [0, 0.1) is 13.8 Å². The summed E-state index contributed by atoms with van der Waals surface area (Å²) >= 11 is 0. The van der Waals surface area contributed by atoms with Gasteiger partial charge in [-0.2, -0.15) is 15.0 Å². The van der Waals surface area contributed by atoms with Crippen LogP contribution in [-0.4, -0.2) is 28.6 Å². The zero-order valence-electron chi connectivity index (χ0n) is 12.9. The minimum absolute atomic E-state index is 0.288. The molecular formula is C15H21N5O. The van der Waals surface area contributed by atoms with Crippen LogP contribution in [0.1, 0.15) is 24.5 Å². The normalized spacial score (nSPS) is 10.3. The molecule has 0 unspecified atom stereocenters. The molecule has 1 heterocycles. The number of hydrogen-bond acceptors (Lipinski definition) is 6. The smallest absolute Gasteiger partial charge is 0.322 e. The zero-order valence-corrected chi connectivity index (χ0v) is 12.9. The number of anilines is 3. The van der Waals surface area contributed by atoms with Gasteiger partial charge in [-0.15, -0.1) is 0 Å². The number of aromatic nitrogens is 3. The van der Waals surface area contributed by atoms with Gasteiger partial charge in [0.1, 0.15) is 0 Å². The summed E-state index contributed by atoms with van der Waals surface area (Å²) in [5, 5.41) is 6.35. The first-order valence-electron chi connectivity index (χ1n) is 7.00. The van der Waals surface area contributed by atoms with Gasteiger partial charge in [-0.1, -0.05) is 24.6 Å². The molecule has 2 rings (SSSR count). The second-order valence-corrected chi connectivity index (χ2v) is 4.84. The Balaban J connectivity index is 2.25. The lowest BCUT2D eigenvalue weighted by atomic mass is 10.1. The molecule has 0 spiro atoms. The molecule has 21 heavy (non-hydrogen) atoms. The zero-order chi connectivity index (χ0) is 15.2. The summed E-state index contributed by atoms with van der Waals surface area (Å²) in [5.74, 6) is 0.975. The number of nitrogens with zero attached hydrogens (tertiary/aromatic N) is 3. The van der Waals surface area contributed by atoms with Crippen LogP contribution in [-0.2, 0) is 0 Å². The number of ether oxygens (including phenoxy) is 1. The maximum Gasteiger partial charge on any atom is 0.322 e. The molecular weight excluding hydrogens is 266 g/mol. The SMILES string of the molecule is CCCNc1nc(Nc2ccc(C)cc2C)nc(OC)n1. The fraction of sp³-hybridized carbons (Fsp3) is 0.400. The van der Waals surface area contributed by atoms with E-state index in [0.29, 0.717) is 11.9 Å². The Bertz CT molecular complexity index is 615. The van der Waals surface area contributed by atoms with Crippen LogP contribution >= 0.6 is 0 Å². The molecule has 0 radical (unpaired) electrons. The Hall–Kier alpha value is -2.37. The van der Waals surface area contributed by atoms with Gasteiger partial charge in [-0.25, -0.2) is 0 Å². The van der Waals surface area contributed by atoms with Crippen LogP contribution in [0.15, 0.2) is 18.2 Å². The minimum atomic E-state index is 0.288. The molecule has 2 N–H and O–H groups in total. The fourth-order valence-corrected chi connectivity index (χ4v) is 1.89. The lowest BCUT2D eigenvalue weighted by Crippen LogP contribution is -2.09. The van der Waals surface area contributed by atoms with E-state index in [0.717, 1.165) is 24.2 Å². The van der Waals surface area contributed by atoms with Crippen molar-refractivity contribution in [2.45, 2.75) is 27.2 Å². The Kier molecular flexibility index (Phi) is 4.92. The molecule has 0 atom stereocenters. The molecule has 0 aliphatic carbocycles. The molecule has 6 nitrogen and oxygen atoms in total. The Morgan fingerprint density at radius 3 is 2.52 bits per heavy atom. The van der Waals surface area contributed by atoms with Crippen molar-refractivity contribution in [2.24, 2.45) is 0 Å². The van der Waals surface area contributed by atoms with Gasteiger partial charge >= 0.3 is 6.01 Å². The monoisotopic (exact) mass is 287 g/mol. The first kappa shape index (κ1) is 15.0. The third-order valence-corrected chi connectivity index (χ3v) is 2.96. The standard InChI is InChI=1S/C15H21N5O/c1-5-8-16-13-18-14(20-15(19-13)21-4)17-12-7-6-10(2)9-11(12)3/h6-7,9H,5,8H2,1-4H3,(H2,16,17,18,19,20). The van der Waals surface area contributed by atoms with Crippen LogP contribution in [0.25, 0.3) is 0 Å². The highest BCUT2D eigenvalue weighted by molar-refractivity contribution is 5.59. The molecule has 0 aliphatic heterocycles. The number of aryl methyl sites for hydroxylation is 2. The van der Waals surface area contributed by atoms with Gasteiger partial charge in [-0.05, 0) is 31.9 Å². The number of methoxy groups -OCH3 is 1. The second-order valence-electron chi connectivity index (χ2n) is 4.84. The van der Waals surface area contributed by atoms with Crippen LogP contribution in [0.5, 0.6) is 6.01 Å². The highest BCUT2D eigenvalue weighted by Gasteiger charge is 2.08. The predicted molar refractivity (Wildman–Crippen MR) is 84.4 cm³/mol. The van der Waals surface area contributed by atoms with Crippen molar-refractivity contribution >= 4 is 17.6 Å². The minimum Gasteiger partial charge on any atom is -0.467 e. The van der Waals surface area contributed by atoms with Crippen LogP contribution in [0.4, 0.5) is 17.6 Å². The van der Waals surface area contributed by atoms with Crippen molar-refractivity contribution in [2.75, 3.05) is 24.3 Å². The number of hydrogen-bond donors (Lipinski definition) is 2. The molecule has 112 valence electrons. The summed E-state index contributed by atoms with van der Waals surface area (Å²) in [6.07, 6.45) is 0.994. The van der Waals surface area contributed by atoms with Crippen LogP contribution < -0.4 is 15.4 Å². The average molecular weight is 287 g/mol. The van der Waals surface area contributed by atoms with Crippen LogP contribution in [0.3, 0.4) is 0 Å². The van der Waals surface area contributed by atoms with Crippen molar-refractivity contribution in [3.05, 3.63) is 29.3 Å². The Labute approximate surface area is 125 Å². The summed E-state index contributed by atoms with van der Waals surface area (Å²) < 4.78 is 5.12. The van der Waals surface area contributed by atoms with E-state index in [2.05, 4.69) is 45.5 Å². The molecule has 0 saturated carbocycles. The average Bonchev–Trinajstić information content (AvgIpc) is 2.48. The summed E-state index contributed by atoms with van der Waals surface area (Å²) in [4.78, 5) is 12.7. The Morgan fingerprint density at radius 1 is 1.10 bits per heavy atom. The molecule has 2 aromatic rings. The molecule has 0 fully saturated rings.